The lowest BCUT2D eigenvalue weighted by molar-refractivity contribution is -0.156. The van der Waals surface area contributed by atoms with Crippen molar-refractivity contribution in [2.75, 3.05) is 0 Å². The van der Waals surface area contributed by atoms with E-state index >= 15 is 0 Å². The molecule has 0 saturated heterocycles. The zero-order valence-electron chi connectivity index (χ0n) is 16.9. The van der Waals surface area contributed by atoms with E-state index in [4.69, 9.17) is 16.2 Å². The number of aliphatic hydroxyl groups is 1. The summed E-state index contributed by atoms with van der Waals surface area (Å²) >= 11 is 0. The van der Waals surface area contributed by atoms with Crippen molar-refractivity contribution in [1.29, 1.82) is 0 Å². The summed E-state index contributed by atoms with van der Waals surface area (Å²) in [6.07, 6.45) is -0.784. The van der Waals surface area contributed by atoms with Crippen LogP contribution in [0.3, 0.4) is 0 Å². The normalized spacial score (nSPS) is 13.4. The van der Waals surface area contributed by atoms with E-state index in [1.165, 1.54) is 0 Å². The molecular weight excluding hydrogens is 376 g/mol. The number of nitrogens with two attached hydrogens (primary N) is 2. The monoisotopic (exact) mass is 404 g/mol. The molecule has 0 unspecified atom stereocenters. The maximum atomic E-state index is 13.0. The summed E-state index contributed by atoms with van der Waals surface area (Å²) in [6.45, 7) is 0.124. The molecule has 0 spiro atoms. The van der Waals surface area contributed by atoms with Crippen molar-refractivity contribution in [3.63, 3.8) is 0 Å². The van der Waals surface area contributed by atoms with Crippen LogP contribution in [0.1, 0.15) is 16.7 Å². The average Bonchev–Trinajstić information content (AvgIpc) is 2.77. The number of hydrogen-bond donors (Lipinski definition) is 3. The second-order valence-electron chi connectivity index (χ2n) is 7.61. The van der Waals surface area contributed by atoms with Crippen LogP contribution in [0.25, 0.3) is 0 Å². The van der Waals surface area contributed by atoms with E-state index < -0.39 is 23.7 Å². The average molecular weight is 405 g/mol. The fourth-order valence-corrected chi connectivity index (χ4v) is 3.46. The molecule has 0 aliphatic rings. The van der Waals surface area contributed by atoms with Crippen LogP contribution in [0.2, 0.25) is 0 Å². The van der Waals surface area contributed by atoms with Gasteiger partial charge in [0.1, 0.15) is 6.61 Å². The maximum Gasteiger partial charge on any atom is 0.312 e. The highest BCUT2D eigenvalue weighted by atomic mass is 16.5. The Hall–Kier alpha value is -2.99. The van der Waals surface area contributed by atoms with Crippen LogP contribution in [0, 0.1) is 5.92 Å². The van der Waals surface area contributed by atoms with Gasteiger partial charge in [0.2, 0.25) is 0 Å². The molecular formula is C25H28N2O3. The number of hydrogen-bond acceptors (Lipinski definition) is 5. The first kappa shape index (κ1) is 21.7. The second-order valence-corrected chi connectivity index (χ2v) is 7.61. The Morgan fingerprint density at radius 2 is 1.27 bits per heavy atom. The van der Waals surface area contributed by atoms with E-state index in [1.807, 2.05) is 91.0 Å². The van der Waals surface area contributed by atoms with E-state index in [1.54, 1.807) is 0 Å². The first-order chi connectivity index (χ1) is 14.5. The zero-order chi connectivity index (χ0) is 21.4. The fourth-order valence-electron chi connectivity index (χ4n) is 3.46. The standard InChI is InChI=1S/C25H28N2O3/c26-25(27,17-20-12-6-2-7-13-20)23(28)22(16-19-10-4-1-5-11-19)24(29)30-18-21-14-8-3-9-15-21/h1-15,22-23,28H,16-18,26-27H2/t22-,23+/m0/s1. The Bertz CT molecular complexity index is 915. The molecule has 0 heterocycles. The molecule has 0 bridgehead atoms. The Morgan fingerprint density at radius 3 is 1.80 bits per heavy atom. The van der Waals surface area contributed by atoms with Gasteiger partial charge in [0.05, 0.1) is 17.7 Å². The number of rotatable bonds is 9. The van der Waals surface area contributed by atoms with Crippen molar-refractivity contribution in [1.82, 2.24) is 0 Å². The summed E-state index contributed by atoms with van der Waals surface area (Å²) in [4.78, 5) is 13.0. The molecule has 5 N–H and O–H groups in total. The van der Waals surface area contributed by atoms with Gasteiger partial charge < -0.3 is 21.3 Å². The topological polar surface area (TPSA) is 98.6 Å². The number of carbonyl (C=O) groups is 1. The first-order valence-electron chi connectivity index (χ1n) is 10.00. The lowest BCUT2D eigenvalue weighted by Gasteiger charge is -2.34. The fraction of sp³-hybridized carbons (Fsp3) is 0.240. The van der Waals surface area contributed by atoms with Crippen molar-refractivity contribution in [3.05, 3.63) is 108 Å². The summed E-state index contributed by atoms with van der Waals surface area (Å²) in [5, 5.41) is 11.1. The number of benzene rings is 3. The summed E-state index contributed by atoms with van der Waals surface area (Å²) in [5.74, 6) is -1.42. The maximum absolute atomic E-state index is 13.0. The zero-order valence-corrected chi connectivity index (χ0v) is 16.9. The van der Waals surface area contributed by atoms with Gasteiger partial charge in [-0.15, -0.1) is 0 Å². The van der Waals surface area contributed by atoms with Gasteiger partial charge in [0, 0.05) is 6.42 Å². The van der Waals surface area contributed by atoms with Gasteiger partial charge in [0.25, 0.3) is 0 Å². The van der Waals surface area contributed by atoms with Gasteiger partial charge in [-0.3, -0.25) is 4.79 Å². The van der Waals surface area contributed by atoms with Crippen molar-refractivity contribution >= 4 is 5.97 Å². The molecule has 3 rings (SSSR count). The van der Waals surface area contributed by atoms with E-state index in [-0.39, 0.29) is 19.4 Å². The molecule has 156 valence electrons. The molecule has 30 heavy (non-hydrogen) atoms. The number of ether oxygens (including phenoxy) is 1. The highest BCUT2D eigenvalue weighted by Gasteiger charge is 2.40. The van der Waals surface area contributed by atoms with E-state index in [0.717, 1.165) is 16.7 Å². The Morgan fingerprint density at radius 1 is 0.800 bits per heavy atom. The SMILES string of the molecule is NC(N)(Cc1ccccc1)[C@H](O)[C@H](Cc1ccccc1)C(=O)OCc1ccccc1. The van der Waals surface area contributed by atoms with Crippen LogP contribution >= 0.6 is 0 Å². The third-order valence-electron chi connectivity index (χ3n) is 5.11. The van der Waals surface area contributed by atoms with Gasteiger partial charge in [0.15, 0.2) is 0 Å². The minimum absolute atomic E-state index is 0.124. The van der Waals surface area contributed by atoms with E-state index in [9.17, 15) is 9.90 Å². The molecule has 3 aromatic carbocycles. The molecule has 2 atom stereocenters. The lowest BCUT2D eigenvalue weighted by atomic mass is 9.84. The molecule has 0 saturated carbocycles. The summed E-state index contributed by atoms with van der Waals surface area (Å²) in [6, 6.07) is 28.3. The number of esters is 1. The van der Waals surface area contributed by atoms with Crippen molar-refractivity contribution in [2.24, 2.45) is 17.4 Å². The third kappa shape index (κ3) is 6.00. The molecule has 0 aromatic heterocycles. The molecule has 0 aliphatic carbocycles. The number of aliphatic hydroxyl groups excluding tert-OH is 1. The highest BCUT2D eigenvalue weighted by molar-refractivity contribution is 5.74. The smallest absolute Gasteiger partial charge is 0.312 e. The highest BCUT2D eigenvalue weighted by Crippen LogP contribution is 2.22. The Kier molecular flexibility index (Phi) is 7.36. The summed E-state index contributed by atoms with van der Waals surface area (Å²) in [7, 11) is 0. The quantitative estimate of drug-likeness (QED) is 0.376. The Balaban J connectivity index is 1.77. The molecule has 5 nitrogen and oxygen atoms in total. The first-order valence-corrected chi connectivity index (χ1v) is 10.00. The van der Waals surface area contributed by atoms with E-state index in [2.05, 4.69) is 0 Å². The van der Waals surface area contributed by atoms with Crippen LogP contribution < -0.4 is 11.5 Å². The van der Waals surface area contributed by atoms with Gasteiger partial charge in [-0.05, 0) is 23.1 Å². The van der Waals surface area contributed by atoms with Crippen LogP contribution in [0.4, 0.5) is 0 Å². The summed E-state index contributed by atoms with van der Waals surface area (Å²) < 4.78 is 5.52. The van der Waals surface area contributed by atoms with Gasteiger partial charge >= 0.3 is 5.97 Å². The predicted octanol–water partition coefficient (Wildman–Crippen LogP) is 2.81. The predicted molar refractivity (Wildman–Crippen MR) is 117 cm³/mol. The van der Waals surface area contributed by atoms with Gasteiger partial charge in [-0.25, -0.2) is 0 Å². The number of carbonyl (C=O) groups excluding carboxylic acids is 1. The largest absolute Gasteiger partial charge is 0.461 e. The molecule has 0 amide bonds. The van der Waals surface area contributed by atoms with Gasteiger partial charge in [-0.2, -0.15) is 0 Å². The minimum Gasteiger partial charge on any atom is -0.461 e. The minimum atomic E-state index is -1.49. The van der Waals surface area contributed by atoms with Crippen LogP contribution in [0.15, 0.2) is 91.0 Å². The summed E-state index contributed by atoms with van der Waals surface area (Å²) in [5.41, 5.74) is 13.8. The van der Waals surface area contributed by atoms with E-state index in [0.29, 0.717) is 0 Å². The molecule has 0 fully saturated rings. The van der Waals surface area contributed by atoms with Crippen LogP contribution in [0.5, 0.6) is 0 Å². The molecule has 0 aliphatic heterocycles. The molecule has 0 radical (unpaired) electrons. The van der Waals surface area contributed by atoms with Crippen molar-refractivity contribution in [2.45, 2.75) is 31.2 Å². The van der Waals surface area contributed by atoms with Crippen LogP contribution in [-0.2, 0) is 29.0 Å². The molecule has 5 heteroatoms. The Labute approximate surface area is 177 Å². The van der Waals surface area contributed by atoms with Crippen LogP contribution in [-0.4, -0.2) is 22.8 Å². The molecule has 3 aromatic rings. The van der Waals surface area contributed by atoms with Crippen molar-refractivity contribution in [3.8, 4) is 0 Å². The van der Waals surface area contributed by atoms with Crippen molar-refractivity contribution < 1.29 is 14.6 Å². The second kappa shape index (κ2) is 10.2. The lowest BCUT2D eigenvalue weighted by Crippen LogP contribution is -2.64. The third-order valence-corrected chi connectivity index (χ3v) is 5.11. The van der Waals surface area contributed by atoms with Gasteiger partial charge in [-0.1, -0.05) is 91.0 Å².